The number of aryl methyl sites for hydroxylation is 1. The maximum absolute atomic E-state index is 10.1. The molecule has 0 radical (unpaired) electrons. The molecule has 102 valence electrons. The Morgan fingerprint density at radius 1 is 1.50 bits per heavy atom. The van der Waals surface area contributed by atoms with E-state index in [1.54, 1.807) is 6.08 Å². The molecule has 1 aromatic heterocycles. The zero-order valence-electron chi connectivity index (χ0n) is 11.9. The van der Waals surface area contributed by atoms with E-state index in [1.165, 1.54) is 9.75 Å². The molecule has 0 aromatic carbocycles. The lowest BCUT2D eigenvalue weighted by molar-refractivity contribution is 0.0545. The van der Waals surface area contributed by atoms with Crippen molar-refractivity contribution in [3.05, 3.63) is 34.5 Å². The molecule has 0 bridgehead atoms. The maximum Gasteiger partial charge on any atom is 0.0923 e. The third-order valence-corrected chi connectivity index (χ3v) is 3.77. The van der Waals surface area contributed by atoms with Crippen LogP contribution >= 0.6 is 11.3 Å². The van der Waals surface area contributed by atoms with Gasteiger partial charge >= 0.3 is 0 Å². The van der Waals surface area contributed by atoms with Crippen molar-refractivity contribution in [1.29, 1.82) is 0 Å². The number of thiophene rings is 1. The minimum Gasteiger partial charge on any atom is -0.385 e. The molecule has 1 N–H and O–H groups in total. The quantitative estimate of drug-likeness (QED) is 0.765. The van der Waals surface area contributed by atoms with Crippen LogP contribution in [0.2, 0.25) is 0 Å². The SMILES string of the molecule is C=CC(C)(O)CN(Cc1ccc(C)s1)CC(C)C. The zero-order valence-corrected chi connectivity index (χ0v) is 12.8. The lowest BCUT2D eigenvalue weighted by Gasteiger charge is -2.30. The van der Waals surface area contributed by atoms with Crippen molar-refractivity contribution in [3.63, 3.8) is 0 Å². The summed E-state index contributed by atoms with van der Waals surface area (Å²) in [7, 11) is 0. The summed E-state index contributed by atoms with van der Waals surface area (Å²) >= 11 is 1.83. The second kappa shape index (κ2) is 6.50. The van der Waals surface area contributed by atoms with Crippen LogP contribution in [0.4, 0.5) is 0 Å². The van der Waals surface area contributed by atoms with Crippen molar-refractivity contribution in [1.82, 2.24) is 4.90 Å². The van der Waals surface area contributed by atoms with E-state index >= 15 is 0 Å². The Hall–Kier alpha value is -0.640. The maximum atomic E-state index is 10.1. The van der Waals surface area contributed by atoms with E-state index < -0.39 is 5.60 Å². The van der Waals surface area contributed by atoms with Crippen LogP contribution < -0.4 is 0 Å². The van der Waals surface area contributed by atoms with E-state index in [-0.39, 0.29) is 0 Å². The van der Waals surface area contributed by atoms with Crippen molar-refractivity contribution >= 4 is 11.3 Å². The van der Waals surface area contributed by atoms with Crippen LogP contribution in [0.15, 0.2) is 24.8 Å². The lowest BCUT2D eigenvalue weighted by atomic mass is 10.1. The second-order valence-corrected chi connectivity index (χ2v) is 7.01. The monoisotopic (exact) mass is 267 g/mol. The van der Waals surface area contributed by atoms with Gasteiger partial charge in [0.2, 0.25) is 0 Å². The predicted octanol–water partition coefficient (Wildman–Crippen LogP) is 3.45. The van der Waals surface area contributed by atoms with Gasteiger partial charge in [-0.2, -0.15) is 0 Å². The van der Waals surface area contributed by atoms with Crippen LogP contribution in [0.3, 0.4) is 0 Å². The van der Waals surface area contributed by atoms with E-state index in [9.17, 15) is 5.11 Å². The molecule has 0 fully saturated rings. The summed E-state index contributed by atoms with van der Waals surface area (Å²) < 4.78 is 0. The molecule has 1 rings (SSSR count). The van der Waals surface area contributed by atoms with E-state index in [0.29, 0.717) is 12.5 Å². The highest BCUT2D eigenvalue weighted by atomic mass is 32.1. The van der Waals surface area contributed by atoms with Crippen LogP contribution in [0.25, 0.3) is 0 Å². The average molecular weight is 267 g/mol. The fraction of sp³-hybridized carbons (Fsp3) is 0.600. The standard InChI is InChI=1S/C15H25NOS/c1-6-15(5,17)11-16(9-12(2)3)10-14-8-7-13(4)18-14/h6-8,12,17H,1,9-11H2,2-5H3. The van der Waals surface area contributed by atoms with E-state index in [4.69, 9.17) is 0 Å². The van der Waals surface area contributed by atoms with Crippen molar-refractivity contribution in [2.24, 2.45) is 5.92 Å². The first-order chi connectivity index (χ1) is 8.32. The third kappa shape index (κ3) is 5.34. The summed E-state index contributed by atoms with van der Waals surface area (Å²) in [4.78, 5) is 5.00. The van der Waals surface area contributed by atoms with Crippen LogP contribution in [-0.2, 0) is 6.54 Å². The van der Waals surface area contributed by atoms with Crippen molar-refractivity contribution in [2.75, 3.05) is 13.1 Å². The highest BCUT2D eigenvalue weighted by Gasteiger charge is 2.21. The van der Waals surface area contributed by atoms with E-state index in [1.807, 2.05) is 18.3 Å². The second-order valence-electron chi connectivity index (χ2n) is 5.64. The van der Waals surface area contributed by atoms with Gasteiger partial charge in [0.15, 0.2) is 0 Å². The Kier molecular flexibility index (Phi) is 5.57. The third-order valence-electron chi connectivity index (χ3n) is 2.78. The molecule has 0 aliphatic heterocycles. The number of aliphatic hydroxyl groups is 1. The fourth-order valence-electron chi connectivity index (χ4n) is 2.01. The summed E-state index contributed by atoms with van der Waals surface area (Å²) in [6.45, 7) is 14.6. The molecule has 0 saturated heterocycles. The zero-order chi connectivity index (χ0) is 13.8. The highest BCUT2D eigenvalue weighted by Crippen LogP contribution is 2.19. The summed E-state index contributed by atoms with van der Waals surface area (Å²) in [5.41, 5.74) is -0.818. The molecular formula is C15H25NOS. The molecule has 1 heterocycles. The van der Waals surface area contributed by atoms with Crippen molar-refractivity contribution in [2.45, 2.75) is 39.8 Å². The van der Waals surface area contributed by atoms with Gasteiger partial charge in [-0.3, -0.25) is 4.90 Å². The number of hydrogen-bond donors (Lipinski definition) is 1. The molecule has 0 amide bonds. The van der Waals surface area contributed by atoms with Crippen molar-refractivity contribution < 1.29 is 5.11 Å². The van der Waals surface area contributed by atoms with Gasteiger partial charge < -0.3 is 5.11 Å². The average Bonchev–Trinajstić information content (AvgIpc) is 2.62. The lowest BCUT2D eigenvalue weighted by Crippen LogP contribution is -2.40. The topological polar surface area (TPSA) is 23.5 Å². The van der Waals surface area contributed by atoms with Crippen LogP contribution in [0.5, 0.6) is 0 Å². The Balaban J connectivity index is 2.69. The van der Waals surface area contributed by atoms with E-state index in [2.05, 4.69) is 44.4 Å². The molecule has 1 aromatic rings. The summed E-state index contributed by atoms with van der Waals surface area (Å²) in [6.07, 6.45) is 1.62. The van der Waals surface area contributed by atoms with Gasteiger partial charge in [0.05, 0.1) is 5.60 Å². The van der Waals surface area contributed by atoms with Gasteiger partial charge in [0, 0.05) is 29.4 Å². The molecule has 0 aliphatic carbocycles. The van der Waals surface area contributed by atoms with Crippen LogP contribution in [-0.4, -0.2) is 28.7 Å². The van der Waals surface area contributed by atoms with Gasteiger partial charge in [-0.1, -0.05) is 19.9 Å². The molecule has 1 atom stereocenters. The Morgan fingerprint density at radius 3 is 2.61 bits per heavy atom. The summed E-state index contributed by atoms with van der Waals surface area (Å²) in [5, 5.41) is 10.1. The highest BCUT2D eigenvalue weighted by molar-refractivity contribution is 7.11. The van der Waals surface area contributed by atoms with Gasteiger partial charge in [-0.15, -0.1) is 17.9 Å². The Labute approximate surface area is 115 Å². The van der Waals surface area contributed by atoms with E-state index in [0.717, 1.165) is 13.1 Å². The minimum atomic E-state index is -0.818. The van der Waals surface area contributed by atoms with Crippen molar-refractivity contribution in [3.8, 4) is 0 Å². The molecule has 0 saturated carbocycles. The summed E-state index contributed by atoms with van der Waals surface area (Å²) in [5.74, 6) is 0.590. The molecular weight excluding hydrogens is 242 g/mol. The number of hydrogen-bond acceptors (Lipinski definition) is 3. The largest absolute Gasteiger partial charge is 0.385 e. The molecule has 1 unspecified atom stereocenters. The molecule has 0 aliphatic rings. The summed E-state index contributed by atoms with van der Waals surface area (Å²) in [6, 6.07) is 4.33. The molecule has 18 heavy (non-hydrogen) atoms. The first kappa shape index (κ1) is 15.4. The Bertz CT molecular complexity index is 382. The molecule has 2 nitrogen and oxygen atoms in total. The number of nitrogens with zero attached hydrogens (tertiary/aromatic N) is 1. The van der Waals surface area contributed by atoms with Crippen LogP contribution in [0.1, 0.15) is 30.5 Å². The van der Waals surface area contributed by atoms with Gasteiger partial charge in [0.1, 0.15) is 0 Å². The predicted molar refractivity (Wildman–Crippen MR) is 80.0 cm³/mol. The smallest absolute Gasteiger partial charge is 0.0923 e. The van der Waals surface area contributed by atoms with Gasteiger partial charge in [-0.05, 0) is 31.9 Å². The number of rotatable bonds is 7. The van der Waals surface area contributed by atoms with Crippen LogP contribution in [0, 0.1) is 12.8 Å². The molecule has 0 spiro atoms. The van der Waals surface area contributed by atoms with Gasteiger partial charge in [-0.25, -0.2) is 0 Å². The molecule has 3 heteroatoms. The Morgan fingerprint density at radius 2 is 2.17 bits per heavy atom. The minimum absolute atomic E-state index is 0.590. The first-order valence-electron chi connectivity index (χ1n) is 6.46. The fourth-order valence-corrected chi connectivity index (χ4v) is 2.94. The first-order valence-corrected chi connectivity index (χ1v) is 7.27. The van der Waals surface area contributed by atoms with Gasteiger partial charge in [0.25, 0.3) is 0 Å². The normalized spacial score (nSPS) is 15.1.